The highest BCUT2D eigenvalue weighted by Crippen LogP contribution is 2.34. The van der Waals surface area contributed by atoms with Gasteiger partial charge in [-0.05, 0) is 39.0 Å². The fourth-order valence-corrected chi connectivity index (χ4v) is 4.27. The second-order valence-electron chi connectivity index (χ2n) is 8.08. The topological polar surface area (TPSA) is 61.7 Å². The number of anilines is 1. The zero-order valence-electron chi connectivity index (χ0n) is 15.1. The molecule has 8 heteroatoms. The number of aliphatic hydroxyl groups is 1. The maximum absolute atomic E-state index is 13.8. The summed E-state index contributed by atoms with van der Waals surface area (Å²) in [4.78, 5) is 12.9. The van der Waals surface area contributed by atoms with Crippen LogP contribution in [-0.4, -0.2) is 70.1 Å². The van der Waals surface area contributed by atoms with Gasteiger partial charge in [0, 0.05) is 37.8 Å². The average molecular weight is 385 g/mol. The molecule has 1 N–H and O–H groups in total. The Balaban J connectivity index is 1.43. The maximum atomic E-state index is 13.8. The highest BCUT2D eigenvalue weighted by atomic mass is 35.5. The number of nitrogens with zero attached hydrogens (tertiary/aromatic N) is 4. The number of aromatic nitrogens is 2. The normalized spacial score (nSPS) is 32.8. The fraction of sp³-hybridized carbons (Fsp3) is 0.778. The number of likely N-dealkylation sites (tertiary alicyclic amines) is 1. The van der Waals surface area contributed by atoms with Crippen LogP contribution in [0.5, 0.6) is 6.01 Å². The summed E-state index contributed by atoms with van der Waals surface area (Å²) >= 11 is 6.16. The van der Waals surface area contributed by atoms with Gasteiger partial charge in [0.25, 0.3) is 0 Å². The summed E-state index contributed by atoms with van der Waals surface area (Å²) in [6.45, 7) is 4.02. The van der Waals surface area contributed by atoms with Crippen molar-refractivity contribution in [3.8, 4) is 6.01 Å². The third-order valence-electron chi connectivity index (χ3n) is 5.49. The minimum Gasteiger partial charge on any atom is -0.462 e. The van der Waals surface area contributed by atoms with Crippen molar-refractivity contribution in [2.45, 2.75) is 62.9 Å². The molecule has 0 radical (unpaired) electrons. The summed E-state index contributed by atoms with van der Waals surface area (Å²) in [6, 6.07) is 2.49. The van der Waals surface area contributed by atoms with Crippen molar-refractivity contribution >= 4 is 17.4 Å². The first-order valence-electron chi connectivity index (χ1n) is 9.44. The number of hydrogen-bond donors (Lipinski definition) is 1. The van der Waals surface area contributed by atoms with Gasteiger partial charge in [-0.1, -0.05) is 11.6 Å². The van der Waals surface area contributed by atoms with E-state index in [1.165, 1.54) is 0 Å². The molecular weight excluding hydrogens is 359 g/mol. The smallest absolute Gasteiger partial charge is 0.319 e. The van der Waals surface area contributed by atoms with Crippen molar-refractivity contribution in [1.82, 2.24) is 14.9 Å². The Hall–Kier alpha value is -1.18. The van der Waals surface area contributed by atoms with Crippen molar-refractivity contribution < 1.29 is 14.2 Å². The molecule has 26 heavy (non-hydrogen) atoms. The van der Waals surface area contributed by atoms with Gasteiger partial charge in [0.2, 0.25) is 0 Å². The van der Waals surface area contributed by atoms with E-state index in [0.717, 1.165) is 32.2 Å². The first-order chi connectivity index (χ1) is 12.4. The second-order valence-corrected chi connectivity index (χ2v) is 8.47. The van der Waals surface area contributed by atoms with Crippen molar-refractivity contribution in [3.63, 3.8) is 0 Å². The third kappa shape index (κ3) is 4.21. The quantitative estimate of drug-likeness (QED) is 0.787. The molecule has 2 saturated heterocycles. The Morgan fingerprint density at radius 2 is 2.23 bits per heavy atom. The Morgan fingerprint density at radius 1 is 1.42 bits per heavy atom. The molecule has 6 nitrogen and oxygen atoms in total. The van der Waals surface area contributed by atoms with Crippen LogP contribution in [0.25, 0.3) is 0 Å². The minimum absolute atomic E-state index is 0.0688. The van der Waals surface area contributed by atoms with Crippen LogP contribution in [0.2, 0.25) is 5.15 Å². The molecule has 3 fully saturated rings. The molecule has 0 bridgehead atoms. The van der Waals surface area contributed by atoms with Gasteiger partial charge in [-0.15, -0.1) is 0 Å². The summed E-state index contributed by atoms with van der Waals surface area (Å²) in [6.07, 6.45) is 3.68. The molecule has 144 valence electrons. The van der Waals surface area contributed by atoms with Crippen LogP contribution < -0.4 is 9.64 Å². The van der Waals surface area contributed by atoms with Crippen LogP contribution in [0.15, 0.2) is 6.07 Å². The molecule has 4 rings (SSSR count). The second kappa shape index (κ2) is 7.09. The van der Waals surface area contributed by atoms with E-state index in [4.69, 9.17) is 16.3 Å². The van der Waals surface area contributed by atoms with Crippen LogP contribution in [0.3, 0.4) is 0 Å². The van der Waals surface area contributed by atoms with Crippen molar-refractivity contribution in [2.75, 3.05) is 31.1 Å². The highest BCUT2D eigenvalue weighted by Gasteiger charge is 2.41. The third-order valence-corrected chi connectivity index (χ3v) is 5.68. The number of rotatable bonds is 5. The van der Waals surface area contributed by atoms with Gasteiger partial charge in [0.1, 0.15) is 23.7 Å². The molecule has 0 spiro atoms. The van der Waals surface area contributed by atoms with Crippen LogP contribution >= 0.6 is 11.6 Å². The molecule has 3 atom stereocenters. The van der Waals surface area contributed by atoms with E-state index >= 15 is 0 Å². The summed E-state index contributed by atoms with van der Waals surface area (Å²) in [7, 11) is 0. The molecule has 1 aromatic heterocycles. The number of β-amino-alcohol motifs (C(OH)–C–C–N with tert-alkyl or cyclic N) is 1. The summed E-state index contributed by atoms with van der Waals surface area (Å²) < 4.78 is 19.6. The molecule has 3 heterocycles. The van der Waals surface area contributed by atoms with E-state index in [1.54, 1.807) is 6.07 Å². The van der Waals surface area contributed by atoms with Gasteiger partial charge < -0.3 is 14.7 Å². The van der Waals surface area contributed by atoms with E-state index in [0.29, 0.717) is 43.1 Å². The van der Waals surface area contributed by atoms with Gasteiger partial charge >= 0.3 is 6.01 Å². The Morgan fingerprint density at radius 3 is 2.96 bits per heavy atom. The van der Waals surface area contributed by atoms with E-state index in [1.807, 2.05) is 11.8 Å². The lowest BCUT2D eigenvalue weighted by molar-refractivity contribution is 0.0446. The number of halogens is 2. The predicted octanol–water partition coefficient (Wildman–Crippen LogP) is 2.43. The fourth-order valence-electron chi connectivity index (χ4n) is 4.10. The molecule has 1 saturated carbocycles. The van der Waals surface area contributed by atoms with Crippen LogP contribution in [0, 0.1) is 0 Å². The lowest BCUT2D eigenvalue weighted by atomic mass is 9.95. The van der Waals surface area contributed by atoms with Crippen molar-refractivity contribution in [2.24, 2.45) is 0 Å². The highest BCUT2D eigenvalue weighted by molar-refractivity contribution is 6.29. The summed E-state index contributed by atoms with van der Waals surface area (Å²) in [5.74, 6) is 0.661. The van der Waals surface area contributed by atoms with E-state index < -0.39 is 11.8 Å². The summed E-state index contributed by atoms with van der Waals surface area (Å²) in [5.41, 5.74) is -0.735. The van der Waals surface area contributed by atoms with Gasteiger partial charge in [0.15, 0.2) is 0 Å². The predicted molar refractivity (Wildman–Crippen MR) is 97.6 cm³/mol. The van der Waals surface area contributed by atoms with Crippen LogP contribution in [0.1, 0.15) is 39.0 Å². The molecule has 2 aliphatic heterocycles. The molecule has 2 unspecified atom stereocenters. The number of alkyl halides is 1. The van der Waals surface area contributed by atoms with Crippen LogP contribution in [-0.2, 0) is 0 Å². The first-order valence-corrected chi connectivity index (χ1v) is 9.82. The molecule has 0 amide bonds. The van der Waals surface area contributed by atoms with Gasteiger partial charge in [0.05, 0.1) is 5.60 Å². The van der Waals surface area contributed by atoms with Gasteiger partial charge in [-0.25, -0.2) is 4.39 Å². The van der Waals surface area contributed by atoms with Crippen molar-refractivity contribution in [3.05, 3.63) is 11.2 Å². The Labute approximate surface area is 158 Å². The lowest BCUT2D eigenvalue weighted by Gasteiger charge is -2.37. The Bertz CT molecular complexity index is 658. The largest absolute Gasteiger partial charge is 0.462 e. The summed E-state index contributed by atoms with van der Waals surface area (Å²) in [5, 5.41) is 10.6. The SMILES string of the molecule is CC1(O)CCCN(c2cc(Cl)nc(OC[C@@H]3CC(F)CN3C3CC3)n2)C1. The van der Waals surface area contributed by atoms with Crippen molar-refractivity contribution in [1.29, 1.82) is 0 Å². The van der Waals surface area contributed by atoms with E-state index in [-0.39, 0.29) is 12.1 Å². The van der Waals surface area contributed by atoms with E-state index in [2.05, 4.69) is 14.9 Å². The molecule has 0 aromatic carbocycles. The molecular formula is C18H26ClFN4O2. The first kappa shape index (κ1) is 18.2. The zero-order chi connectivity index (χ0) is 18.3. The monoisotopic (exact) mass is 384 g/mol. The number of piperidine rings is 1. The molecule has 1 aliphatic carbocycles. The average Bonchev–Trinajstić information content (AvgIpc) is 3.34. The zero-order valence-corrected chi connectivity index (χ0v) is 15.8. The lowest BCUT2D eigenvalue weighted by Crippen LogP contribution is -2.46. The molecule has 3 aliphatic rings. The maximum Gasteiger partial charge on any atom is 0.319 e. The Kier molecular flexibility index (Phi) is 4.96. The standard InChI is InChI=1S/C18H26ClFN4O2/c1-18(25)5-2-6-23(11-18)16-8-15(19)21-17(22-16)26-10-14-7-12(20)9-24(14)13-3-4-13/h8,12-14,25H,2-7,9-11H2,1H3/t12?,14-,18?/m0/s1. The molecule has 1 aromatic rings. The van der Waals surface area contributed by atoms with Crippen LogP contribution in [0.4, 0.5) is 10.2 Å². The number of ether oxygens (including phenoxy) is 1. The minimum atomic E-state index is -0.782. The van der Waals surface area contributed by atoms with E-state index in [9.17, 15) is 9.50 Å². The van der Waals surface area contributed by atoms with Gasteiger partial charge in [-0.2, -0.15) is 9.97 Å². The number of hydrogen-bond acceptors (Lipinski definition) is 6. The van der Waals surface area contributed by atoms with Gasteiger partial charge in [-0.3, -0.25) is 4.90 Å².